The van der Waals surface area contributed by atoms with Gasteiger partial charge >= 0.3 is 11.9 Å². The molecule has 10 nitrogen and oxygen atoms in total. The number of aliphatic hydroxyl groups excluding tert-OH is 2. The number of carboxylic acid groups (broad SMARTS) is 1. The summed E-state index contributed by atoms with van der Waals surface area (Å²) >= 11 is 0. The van der Waals surface area contributed by atoms with Crippen LogP contribution < -0.4 is 4.74 Å². The lowest BCUT2D eigenvalue weighted by atomic mass is 9.79. The number of carbonyl (C=O) groups excluding carboxylic acids is 1. The number of carboxylic acids is 1. The monoisotopic (exact) mass is 358 g/mol. The number of ether oxygens (including phenoxy) is 2. The minimum absolute atomic E-state index is 0.210. The molecule has 1 aromatic carbocycles. The molecule has 1 fully saturated rings. The lowest BCUT2D eigenvalue weighted by molar-refractivity contribution is -0.187. The van der Waals surface area contributed by atoms with Crippen LogP contribution in [0.15, 0.2) is 12.1 Å². The van der Waals surface area contributed by atoms with Crippen molar-refractivity contribution in [1.29, 1.82) is 0 Å². The summed E-state index contributed by atoms with van der Waals surface area (Å²) in [6.07, 6.45) is -5.97. The minimum atomic E-state index is -2.36. The summed E-state index contributed by atoms with van der Waals surface area (Å²) in [6.45, 7) is 0. The van der Waals surface area contributed by atoms with E-state index in [1.54, 1.807) is 0 Å². The highest BCUT2D eigenvalue weighted by Crippen LogP contribution is 2.37. The zero-order chi connectivity index (χ0) is 18.9. The predicted octanol–water partition coefficient (Wildman–Crippen LogP) is -1.04. The summed E-state index contributed by atoms with van der Waals surface area (Å²) < 4.78 is 9.76. The highest BCUT2D eigenvalue weighted by atomic mass is 16.6. The van der Waals surface area contributed by atoms with Crippen molar-refractivity contribution >= 4 is 11.9 Å². The Balaban J connectivity index is 2.24. The second kappa shape index (κ2) is 6.75. The smallest absolute Gasteiger partial charge is 0.338 e. The normalized spacial score (nSPS) is 29.0. The second-order valence-corrected chi connectivity index (χ2v) is 5.79. The average Bonchev–Trinajstić information content (AvgIpc) is 2.54. The van der Waals surface area contributed by atoms with Gasteiger partial charge in [0.15, 0.2) is 17.1 Å². The third-order valence-electron chi connectivity index (χ3n) is 4.03. The number of esters is 1. The molecule has 0 aliphatic heterocycles. The number of aliphatic carboxylic acids is 1. The van der Waals surface area contributed by atoms with Gasteiger partial charge < -0.3 is 40.1 Å². The van der Waals surface area contributed by atoms with Gasteiger partial charge in [0, 0.05) is 12.8 Å². The van der Waals surface area contributed by atoms with E-state index in [1.807, 2.05) is 0 Å². The van der Waals surface area contributed by atoms with Crippen molar-refractivity contribution in [2.75, 3.05) is 7.11 Å². The Morgan fingerprint density at radius 3 is 2.40 bits per heavy atom. The van der Waals surface area contributed by atoms with Crippen molar-refractivity contribution in [3.63, 3.8) is 0 Å². The Bertz CT molecular complexity index is 687. The fraction of sp³-hybridized carbons (Fsp3) is 0.467. The molecule has 0 unspecified atom stereocenters. The van der Waals surface area contributed by atoms with Gasteiger partial charge in [-0.3, -0.25) is 0 Å². The van der Waals surface area contributed by atoms with Gasteiger partial charge in [-0.05, 0) is 12.1 Å². The standard InChI is InChI=1S/C15H18O10/c1-24-9-3-6(2-7(16)11(9)18)13(20)25-10-5-15(23,14(21)22)4-8(17)12(10)19/h2-3,8,10,12,16-19,23H,4-5H2,1H3,(H,21,22)/t8-,10-,12+,15-/m1/s1. The number of aliphatic hydroxyl groups is 3. The molecule has 2 rings (SSSR count). The number of benzene rings is 1. The number of hydrogen-bond acceptors (Lipinski definition) is 9. The number of carbonyl (C=O) groups is 2. The Hall–Kier alpha value is -2.56. The second-order valence-electron chi connectivity index (χ2n) is 5.79. The van der Waals surface area contributed by atoms with E-state index >= 15 is 0 Å². The van der Waals surface area contributed by atoms with Gasteiger partial charge in [-0.2, -0.15) is 0 Å². The van der Waals surface area contributed by atoms with E-state index in [2.05, 4.69) is 0 Å². The van der Waals surface area contributed by atoms with Crippen molar-refractivity contribution in [2.45, 2.75) is 36.8 Å². The first kappa shape index (κ1) is 18.8. The predicted molar refractivity (Wildman–Crippen MR) is 79.4 cm³/mol. The topological polar surface area (TPSA) is 174 Å². The third-order valence-corrected chi connectivity index (χ3v) is 4.03. The fourth-order valence-corrected chi connectivity index (χ4v) is 2.61. The van der Waals surface area contributed by atoms with Crippen LogP contribution in [0.4, 0.5) is 0 Å². The van der Waals surface area contributed by atoms with Gasteiger partial charge in [0.25, 0.3) is 0 Å². The van der Waals surface area contributed by atoms with Crippen molar-refractivity contribution in [2.24, 2.45) is 0 Å². The molecule has 0 bridgehead atoms. The largest absolute Gasteiger partial charge is 0.504 e. The third kappa shape index (κ3) is 3.60. The summed E-state index contributed by atoms with van der Waals surface area (Å²) in [7, 11) is 1.19. The molecule has 0 aromatic heterocycles. The highest BCUT2D eigenvalue weighted by Gasteiger charge is 2.50. The van der Waals surface area contributed by atoms with Crippen LogP contribution in [0.3, 0.4) is 0 Å². The first-order valence-corrected chi connectivity index (χ1v) is 7.22. The molecule has 0 heterocycles. The maximum atomic E-state index is 12.2. The van der Waals surface area contributed by atoms with Crippen molar-refractivity contribution in [1.82, 2.24) is 0 Å². The zero-order valence-corrected chi connectivity index (χ0v) is 13.1. The van der Waals surface area contributed by atoms with E-state index in [4.69, 9.17) is 14.6 Å². The fourth-order valence-electron chi connectivity index (χ4n) is 2.61. The molecule has 0 radical (unpaired) electrons. The molecule has 10 heteroatoms. The molecule has 0 spiro atoms. The lowest BCUT2D eigenvalue weighted by Crippen LogP contribution is -2.57. The van der Waals surface area contributed by atoms with E-state index in [1.165, 1.54) is 7.11 Å². The van der Waals surface area contributed by atoms with E-state index in [0.29, 0.717) is 0 Å². The maximum absolute atomic E-state index is 12.2. The van der Waals surface area contributed by atoms with E-state index < -0.39 is 60.2 Å². The van der Waals surface area contributed by atoms with Gasteiger partial charge in [0.1, 0.15) is 12.2 Å². The summed E-state index contributed by atoms with van der Waals surface area (Å²) in [4.78, 5) is 23.3. The van der Waals surface area contributed by atoms with Gasteiger partial charge in [-0.1, -0.05) is 0 Å². The van der Waals surface area contributed by atoms with Crippen LogP contribution in [0.1, 0.15) is 23.2 Å². The quantitative estimate of drug-likeness (QED) is 0.288. The summed E-state index contributed by atoms with van der Waals surface area (Å²) in [5.74, 6) is -4.16. The van der Waals surface area contributed by atoms with Crippen LogP contribution in [0.2, 0.25) is 0 Å². The lowest BCUT2D eigenvalue weighted by Gasteiger charge is -2.39. The average molecular weight is 358 g/mol. The van der Waals surface area contributed by atoms with Crippen LogP contribution in [-0.2, 0) is 9.53 Å². The molecular formula is C15H18O10. The number of methoxy groups -OCH3 is 1. The van der Waals surface area contributed by atoms with Crippen LogP contribution in [-0.4, -0.2) is 73.6 Å². The molecule has 138 valence electrons. The Labute approximate surface area is 141 Å². The van der Waals surface area contributed by atoms with Crippen molar-refractivity contribution in [3.8, 4) is 17.2 Å². The first-order valence-electron chi connectivity index (χ1n) is 7.22. The van der Waals surface area contributed by atoms with E-state index in [-0.39, 0.29) is 11.3 Å². The Morgan fingerprint density at radius 1 is 1.20 bits per heavy atom. The summed E-state index contributed by atoms with van der Waals surface area (Å²) in [6, 6.07) is 1.95. The molecule has 0 amide bonds. The molecule has 1 saturated carbocycles. The molecule has 4 atom stereocenters. The van der Waals surface area contributed by atoms with E-state index in [9.17, 15) is 35.1 Å². The number of phenols is 2. The number of hydrogen-bond donors (Lipinski definition) is 6. The molecule has 0 saturated heterocycles. The van der Waals surface area contributed by atoms with Gasteiger partial charge in [0.2, 0.25) is 5.75 Å². The number of rotatable bonds is 4. The van der Waals surface area contributed by atoms with Crippen LogP contribution >= 0.6 is 0 Å². The molecule has 25 heavy (non-hydrogen) atoms. The van der Waals surface area contributed by atoms with Crippen molar-refractivity contribution in [3.05, 3.63) is 17.7 Å². The van der Waals surface area contributed by atoms with E-state index in [0.717, 1.165) is 12.1 Å². The van der Waals surface area contributed by atoms with Crippen molar-refractivity contribution < 1.29 is 49.7 Å². The molecular weight excluding hydrogens is 340 g/mol. The van der Waals surface area contributed by atoms with Gasteiger partial charge in [-0.15, -0.1) is 0 Å². The van der Waals surface area contributed by atoms with Gasteiger partial charge in [0.05, 0.1) is 18.8 Å². The van der Waals surface area contributed by atoms with Crippen LogP contribution in [0, 0.1) is 0 Å². The summed E-state index contributed by atoms with van der Waals surface area (Å²) in [5, 5.41) is 57.8. The molecule has 6 N–H and O–H groups in total. The highest BCUT2D eigenvalue weighted by molar-refractivity contribution is 5.91. The number of phenolic OH excluding ortho intramolecular Hbond substituents is 2. The number of aromatic hydroxyl groups is 2. The Morgan fingerprint density at radius 2 is 1.84 bits per heavy atom. The van der Waals surface area contributed by atoms with Crippen LogP contribution in [0.25, 0.3) is 0 Å². The van der Waals surface area contributed by atoms with Gasteiger partial charge in [-0.25, -0.2) is 9.59 Å². The first-order chi connectivity index (χ1) is 11.6. The molecule has 1 aliphatic rings. The SMILES string of the molecule is COc1cc(C(=O)O[C@@H]2C[C@@](O)(C(=O)O)C[C@@H](O)[C@@H]2O)cc(O)c1O. The zero-order valence-electron chi connectivity index (χ0n) is 13.1. The Kier molecular flexibility index (Phi) is 5.07. The maximum Gasteiger partial charge on any atom is 0.338 e. The minimum Gasteiger partial charge on any atom is -0.504 e. The molecule has 1 aliphatic carbocycles. The summed E-state index contributed by atoms with van der Waals surface area (Å²) in [5.41, 5.74) is -2.61. The van der Waals surface area contributed by atoms with Crippen LogP contribution in [0.5, 0.6) is 17.2 Å². The molecule has 1 aromatic rings.